The van der Waals surface area contributed by atoms with Crippen LogP contribution >= 0.6 is 22.9 Å². The molecule has 1 amide bonds. The Morgan fingerprint density at radius 2 is 1.81 bits per heavy atom. The van der Waals surface area contributed by atoms with Crippen molar-refractivity contribution in [2.45, 2.75) is 26.0 Å². The highest BCUT2D eigenvalue weighted by atomic mass is 35.5. The van der Waals surface area contributed by atoms with Crippen molar-refractivity contribution in [2.24, 2.45) is 0 Å². The van der Waals surface area contributed by atoms with Crippen LogP contribution in [0.25, 0.3) is 5.76 Å². The number of hydrogen-bond donors (Lipinski definition) is 1. The van der Waals surface area contributed by atoms with Gasteiger partial charge in [-0.3, -0.25) is 14.5 Å². The van der Waals surface area contributed by atoms with Crippen LogP contribution in [0.4, 0.5) is 5.13 Å². The molecule has 1 aromatic heterocycles. The predicted octanol–water partition coefficient (Wildman–Crippen LogP) is 5.21. The van der Waals surface area contributed by atoms with E-state index in [1.165, 1.54) is 16.2 Å². The van der Waals surface area contributed by atoms with Gasteiger partial charge in [-0.1, -0.05) is 23.7 Å². The molecule has 8 heteroatoms. The van der Waals surface area contributed by atoms with Crippen molar-refractivity contribution in [2.75, 3.05) is 4.90 Å². The molecule has 3 aromatic rings. The summed E-state index contributed by atoms with van der Waals surface area (Å²) in [5, 5.41) is 13.7. The van der Waals surface area contributed by atoms with Crippen LogP contribution in [0, 0.1) is 0 Å². The highest BCUT2D eigenvalue weighted by Crippen LogP contribution is 2.42. The van der Waals surface area contributed by atoms with Crippen LogP contribution in [-0.4, -0.2) is 27.9 Å². The Balaban J connectivity index is 1.84. The van der Waals surface area contributed by atoms with Crippen LogP contribution in [-0.2, 0) is 9.59 Å². The molecule has 1 N–H and O–H groups in total. The topological polar surface area (TPSA) is 79.7 Å². The third-order valence-electron chi connectivity index (χ3n) is 4.76. The highest BCUT2D eigenvalue weighted by molar-refractivity contribution is 7.14. The fourth-order valence-corrected chi connectivity index (χ4v) is 4.24. The average molecular weight is 455 g/mol. The third kappa shape index (κ3) is 4.06. The van der Waals surface area contributed by atoms with Crippen LogP contribution in [0.3, 0.4) is 0 Å². The van der Waals surface area contributed by atoms with E-state index < -0.39 is 17.7 Å². The molecule has 1 aliphatic heterocycles. The molecule has 6 nitrogen and oxygen atoms in total. The zero-order valence-corrected chi connectivity index (χ0v) is 18.4. The van der Waals surface area contributed by atoms with Gasteiger partial charge in [-0.25, -0.2) is 4.98 Å². The van der Waals surface area contributed by atoms with Gasteiger partial charge in [0.2, 0.25) is 0 Å². The van der Waals surface area contributed by atoms with Crippen molar-refractivity contribution in [3.8, 4) is 5.75 Å². The number of amides is 1. The van der Waals surface area contributed by atoms with Crippen molar-refractivity contribution < 1.29 is 19.4 Å². The zero-order chi connectivity index (χ0) is 22.1. The maximum absolute atomic E-state index is 13.0. The predicted molar refractivity (Wildman–Crippen MR) is 121 cm³/mol. The lowest BCUT2D eigenvalue weighted by Crippen LogP contribution is -2.29. The van der Waals surface area contributed by atoms with Crippen molar-refractivity contribution >= 4 is 45.5 Å². The van der Waals surface area contributed by atoms with E-state index in [2.05, 4.69) is 4.98 Å². The molecule has 0 bridgehead atoms. The molecule has 1 unspecified atom stereocenters. The summed E-state index contributed by atoms with van der Waals surface area (Å²) in [7, 11) is 0. The molecule has 1 aliphatic rings. The number of Topliss-reactive ketones (excluding diaryl/α,β-unsaturated/α-hetero) is 1. The Labute approximate surface area is 188 Å². The van der Waals surface area contributed by atoms with E-state index in [0.717, 1.165) is 0 Å². The standard InChI is InChI=1S/C23H19ClN2O4S/c1-13(2)30-17-9-5-15(6-10-17)20(27)18-19(14-3-7-16(24)8-4-14)26(22(29)21(18)28)23-25-11-12-31-23/h3-13,19,27H,1-2H3/b20-18-. The molecular weight excluding hydrogens is 436 g/mol. The van der Waals surface area contributed by atoms with Crippen LogP contribution in [0.15, 0.2) is 65.7 Å². The molecule has 1 atom stereocenters. The summed E-state index contributed by atoms with van der Waals surface area (Å²) in [5.41, 5.74) is 1.05. The number of aromatic nitrogens is 1. The Morgan fingerprint density at radius 3 is 2.39 bits per heavy atom. The lowest BCUT2D eigenvalue weighted by Gasteiger charge is -2.23. The van der Waals surface area contributed by atoms with E-state index in [-0.39, 0.29) is 17.4 Å². The lowest BCUT2D eigenvalue weighted by molar-refractivity contribution is -0.132. The molecule has 2 aromatic carbocycles. The minimum atomic E-state index is -0.824. The van der Waals surface area contributed by atoms with Crippen molar-refractivity contribution in [1.82, 2.24) is 4.98 Å². The van der Waals surface area contributed by atoms with Gasteiger partial charge in [-0.15, -0.1) is 11.3 Å². The molecule has 158 valence electrons. The summed E-state index contributed by atoms with van der Waals surface area (Å²) in [4.78, 5) is 31.5. The number of aliphatic hydroxyl groups is 1. The molecule has 0 spiro atoms. The summed E-state index contributed by atoms with van der Waals surface area (Å²) >= 11 is 7.27. The number of halogens is 1. The maximum Gasteiger partial charge on any atom is 0.301 e. The molecule has 0 saturated carbocycles. The molecule has 1 saturated heterocycles. The van der Waals surface area contributed by atoms with E-state index in [4.69, 9.17) is 16.3 Å². The van der Waals surface area contributed by atoms with Crippen molar-refractivity contribution in [1.29, 1.82) is 0 Å². The van der Waals surface area contributed by atoms with Gasteiger partial charge in [0.25, 0.3) is 5.78 Å². The van der Waals surface area contributed by atoms with Crippen LogP contribution in [0.1, 0.15) is 31.0 Å². The quantitative estimate of drug-likeness (QED) is 0.325. The van der Waals surface area contributed by atoms with E-state index in [9.17, 15) is 14.7 Å². The number of benzene rings is 2. The summed E-state index contributed by atoms with van der Waals surface area (Å²) in [5.74, 6) is -1.12. The van der Waals surface area contributed by atoms with Gasteiger partial charge in [0, 0.05) is 22.2 Å². The summed E-state index contributed by atoms with van der Waals surface area (Å²) < 4.78 is 5.63. The Bertz CT molecular complexity index is 1140. The van der Waals surface area contributed by atoms with Gasteiger partial charge in [0.15, 0.2) is 5.13 Å². The number of carbonyl (C=O) groups is 2. The number of nitrogens with zero attached hydrogens (tertiary/aromatic N) is 2. The first-order chi connectivity index (χ1) is 14.9. The summed E-state index contributed by atoms with van der Waals surface area (Å²) in [6, 6.07) is 12.7. The van der Waals surface area contributed by atoms with Gasteiger partial charge in [0.1, 0.15) is 11.5 Å². The molecule has 1 fully saturated rings. The van der Waals surface area contributed by atoms with Crippen LogP contribution in [0.2, 0.25) is 5.02 Å². The van der Waals surface area contributed by atoms with Gasteiger partial charge >= 0.3 is 5.91 Å². The highest BCUT2D eigenvalue weighted by Gasteiger charge is 2.47. The molecule has 31 heavy (non-hydrogen) atoms. The monoisotopic (exact) mass is 454 g/mol. The smallest absolute Gasteiger partial charge is 0.301 e. The lowest BCUT2D eigenvalue weighted by atomic mass is 9.95. The molecular formula is C23H19ClN2O4S. The fourth-order valence-electron chi connectivity index (χ4n) is 3.44. The van der Waals surface area contributed by atoms with E-state index in [1.807, 2.05) is 13.8 Å². The SMILES string of the molecule is CC(C)Oc1ccc(/C(O)=C2/C(=O)C(=O)N(c3nccs3)C2c2ccc(Cl)cc2)cc1. The molecule has 0 radical (unpaired) electrons. The molecule has 4 rings (SSSR count). The van der Waals surface area contributed by atoms with E-state index >= 15 is 0 Å². The number of anilines is 1. The number of ether oxygens (including phenoxy) is 1. The van der Waals surface area contributed by atoms with Crippen molar-refractivity contribution in [3.05, 3.63) is 81.8 Å². The second-order valence-corrected chi connectivity index (χ2v) is 8.54. The molecule has 0 aliphatic carbocycles. The number of carbonyl (C=O) groups excluding carboxylic acids is 2. The number of ketones is 1. The fraction of sp³-hybridized carbons (Fsp3) is 0.174. The van der Waals surface area contributed by atoms with Gasteiger partial charge < -0.3 is 9.84 Å². The second kappa shape index (κ2) is 8.53. The number of aliphatic hydroxyl groups excluding tert-OH is 1. The second-order valence-electron chi connectivity index (χ2n) is 7.23. The Hall–Kier alpha value is -3.16. The first kappa shape index (κ1) is 21.1. The number of hydrogen-bond acceptors (Lipinski definition) is 6. The largest absolute Gasteiger partial charge is 0.507 e. The minimum Gasteiger partial charge on any atom is -0.507 e. The number of thiazole rings is 1. The van der Waals surface area contributed by atoms with Gasteiger partial charge in [-0.05, 0) is 55.8 Å². The van der Waals surface area contributed by atoms with Crippen molar-refractivity contribution in [3.63, 3.8) is 0 Å². The summed E-state index contributed by atoms with van der Waals surface area (Å²) in [6.07, 6.45) is 1.57. The third-order valence-corrected chi connectivity index (χ3v) is 5.78. The number of rotatable bonds is 5. The maximum atomic E-state index is 13.0. The zero-order valence-electron chi connectivity index (χ0n) is 16.8. The normalized spacial score (nSPS) is 18.1. The van der Waals surface area contributed by atoms with Crippen LogP contribution < -0.4 is 9.64 Å². The molecule has 2 heterocycles. The van der Waals surface area contributed by atoms with Gasteiger partial charge in [-0.2, -0.15) is 0 Å². The average Bonchev–Trinajstić information content (AvgIpc) is 3.35. The summed E-state index contributed by atoms with van der Waals surface area (Å²) in [6.45, 7) is 3.83. The van der Waals surface area contributed by atoms with Crippen LogP contribution in [0.5, 0.6) is 5.75 Å². The van der Waals surface area contributed by atoms with E-state index in [1.54, 1.807) is 60.1 Å². The Morgan fingerprint density at radius 1 is 1.13 bits per heavy atom. The minimum absolute atomic E-state index is 0.0000467. The Kier molecular flexibility index (Phi) is 5.80. The van der Waals surface area contributed by atoms with Gasteiger partial charge in [0.05, 0.1) is 17.7 Å². The first-order valence-corrected chi connectivity index (χ1v) is 10.9. The van der Waals surface area contributed by atoms with E-state index in [0.29, 0.717) is 27.0 Å². The first-order valence-electron chi connectivity index (χ1n) is 9.60.